The minimum Gasteiger partial charge on any atom is -0.310 e. The van der Waals surface area contributed by atoms with E-state index in [0.717, 1.165) is 4.90 Å². The minimum atomic E-state index is -0.267. The zero-order valence-corrected chi connectivity index (χ0v) is 12.8. The Bertz CT molecular complexity index is 657. The lowest BCUT2D eigenvalue weighted by Crippen LogP contribution is -2.24. The fourth-order valence-electron chi connectivity index (χ4n) is 1.74. The molecule has 1 aromatic carbocycles. The van der Waals surface area contributed by atoms with Crippen LogP contribution in [-0.4, -0.2) is 16.0 Å². The molecule has 0 aliphatic rings. The smallest absolute Gasteiger partial charge is 0.251 e. The van der Waals surface area contributed by atoms with Gasteiger partial charge in [0.25, 0.3) is 5.56 Å². The van der Waals surface area contributed by atoms with Crippen molar-refractivity contribution in [1.29, 1.82) is 0 Å². The van der Waals surface area contributed by atoms with Gasteiger partial charge in [-0.3, -0.25) is 4.79 Å². The van der Waals surface area contributed by atoms with Crippen molar-refractivity contribution in [3.63, 3.8) is 0 Å². The molecular formula is C15H18FN3OS. The van der Waals surface area contributed by atoms with Crippen LogP contribution in [0, 0.1) is 5.82 Å². The van der Waals surface area contributed by atoms with Crippen molar-refractivity contribution in [3.05, 3.63) is 58.0 Å². The summed E-state index contributed by atoms with van der Waals surface area (Å²) in [6.07, 6.45) is 0. The molecule has 0 saturated heterocycles. The second-order valence-electron chi connectivity index (χ2n) is 4.97. The van der Waals surface area contributed by atoms with Crippen molar-refractivity contribution in [1.82, 2.24) is 15.3 Å². The Balaban J connectivity index is 2.04. The first-order chi connectivity index (χ1) is 10.0. The van der Waals surface area contributed by atoms with E-state index in [-0.39, 0.29) is 11.4 Å². The van der Waals surface area contributed by atoms with Gasteiger partial charge in [0, 0.05) is 23.5 Å². The summed E-state index contributed by atoms with van der Waals surface area (Å²) < 4.78 is 13.1. The molecule has 112 valence electrons. The molecule has 4 nitrogen and oxygen atoms in total. The zero-order chi connectivity index (χ0) is 15.2. The lowest BCUT2D eigenvalue weighted by atomic mass is 10.3. The largest absolute Gasteiger partial charge is 0.310 e. The van der Waals surface area contributed by atoms with Gasteiger partial charge in [-0.05, 0) is 18.2 Å². The minimum absolute atomic E-state index is 0.166. The zero-order valence-electron chi connectivity index (χ0n) is 12.0. The SMILES string of the molecule is CC(C)NCc1cc(=O)[nH]c(CSc2cccc(F)c2)n1. The number of rotatable bonds is 6. The first-order valence-corrected chi connectivity index (χ1v) is 7.72. The van der Waals surface area contributed by atoms with E-state index in [1.165, 1.54) is 30.0 Å². The number of H-pyrrole nitrogens is 1. The van der Waals surface area contributed by atoms with E-state index < -0.39 is 0 Å². The molecule has 0 atom stereocenters. The molecular weight excluding hydrogens is 289 g/mol. The molecule has 2 aromatic rings. The predicted molar refractivity (Wildman–Crippen MR) is 82.8 cm³/mol. The van der Waals surface area contributed by atoms with Crippen LogP contribution < -0.4 is 10.9 Å². The van der Waals surface area contributed by atoms with Gasteiger partial charge in [0.2, 0.25) is 0 Å². The lowest BCUT2D eigenvalue weighted by Gasteiger charge is -2.08. The second kappa shape index (κ2) is 7.38. The van der Waals surface area contributed by atoms with Crippen molar-refractivity contribution in [2.24, 2.45) is 0 Å². The van der Waals surface area contributed by atoms with E-state index in [1.54, 1.807) is 6.07 Å². The third kappa shape index (κ3) is 5.32. The maximum absolute atomic E-state index is 13.1. The Morgan fingerprint density at radius 3 is 2.90 bits per heavy atom. The van der Waals surface area contributed by atoms with E-state index in [4.69, 9.17) is 0 Å². The number of nitrogens with one attached hydrogen (secondary N) is 2. The summed E-state index contributed by atoms with van der Waals surface area (Å²) >= 11 is 1.44. The normalized spacial score (nSPS) is 11.0. The highest BCUT2D eigenvalue weighted by Crippen LogP contribution is 2.21. The number of nitrogens with zero attached hydrogens (tertiary/aromatic N) is 1. The van der Waals surface area contributed by atoms with Crippen LogP contribution in [0.1, 0.15) is 25.4 Å². The molecule has 6 heteroatoms. The van der Waals surface area contributed by atoms with E-state index in [2.05, 4.69) is 15.3 Å². The van der Waals surface area contributed by atoms with E-state index in [9.17, 15) is 9.18 Å². The van der Waals surface area contributed by atoms with E-state index in [1.807, 2.05) is 19.9 Å². The van der Waals surface area contributed by atoms with Gasteiger partial charge in [-0.1, -0.05) is 19.9 Å². The van der Waals surface area contributed by atoms with Gasteiger partial charge in [0.1, 0.15) is 11.6 Å². The van der Waals surface area contributed by atoms with Gasteiger partial charge in [0.15, 0.2) is 0 Å². The highest BCUT2D eigenvalue weighted by Gasteiger charge is 2.04. The number of benzene rings is 1. The molecule has 0 radical (unpaired) electrons. The van der Waals surface area contributed by atoms with Crippen molar-refractivity contribution in [2.75, 3.05) is 0 Å². The monoisotopic (exact) mass is 307 g/mol. The summed E-state index contributed by atoms with van der Waals surface area (Å²) in [6.45, 7) is 4.63. The molecule has 1 aromatic heterocycles. The van der Waals surface area contributed by atoms with Crippen LogP contribution in [0.5, 0.6) is 0 Å². The lowest BCUT2D eigenvalue weighted by molar-refractivity contribution is 0.579. The molecule has 1 heterocycles. The fraction of sp³-hybridized carbons (Fsp3) is 0.333. The summed E-state index contributed by atoms with van der Waals surface area (Å²) in [4.78, 5) is 19.6. The van der Waals surface area contributed by atoms with Gasteiger partial charge in [-0.2, -0.15) is 0 Å². The molecule has 0 amide bonds. The van der Waals surface area contributed by atoms with Crippen molar-refractivity contribution >= 4 is 11.8 Å². The summed E-state index contributed by atoms with van der Waals surface area (Å²) in [5.41, 5.74) is 0.544. The topological polar surface area (TPSA) is 57.8 Å². The van der Waals surface area contributed by atoms with Crippen LogP contribution in [0.15, 0.2) is 40.0 Å². The summed E-state index contributed by atoms with van der Waals surface area (Å²) in [7, 11) is 0. The number of halogens is 1. The Morgan fingerprint density at radius 1 is 1.38 bits per heavy atom. The third-order valence-corrected chi connectivity index (χ3v) is 3.71. The molecule has 0 saturated carbocycles. The maximum Gasteiger partial charge on any atom is 0.251 e. The van der Waals surface area contributed by atoms with Crippen molar-refractivity contribution in [3.8, 4) is 0 Å². The molecule has 21 heavy (non-hydrogen) atoms. The van der Waals surface area contributed by atoms with Crippen LogP contribution in [0.2, 0.25) is 0 Å². The molecule has 0 fully saturated rings. The number of aromatic nitrogens is 2. The predicted octanol–water partition coefficient (Wildman–Crippen LogP) is 2.70. The molecule has 0 unspecified atom stereocenters. The third-order valence-electron chi connectivity index (χ3n) is 2.71. The summed E-state index contributed by atoms with van der Waals surface area (Å²) in [5, 5.41) is 3.23. The quantitative estimate of drug-likeness (QED) is 0.806. The number of aromatic amines is 1. The molecule has 0 bridgehead atoms. The van der Waals surface area contributed by atoms with Crippen LogP contribution in [0.3, 0.4) is 0 Å². The van der Waals surface area contributed by atoms with Crippen molar-refractivity contribution < 1.29 is 4.39 Å². The highest BCUT2D eigenvalue weighted by molar-refractivity contribution is 7.98. The average molecular weight is 307 g/mol. The first kappa shape index (κ1) is 15.7. The number of hydrogen-bond donors (Lipinski definition) is 2. The number of thioether (sulfide) groups is 1. The van der Waals surface area contributed by atoms with Crippen LogP contribution >= 0.6 is 11.8 Å². The Kier molecular flexibility index (Phi) is 5.52. The van der Waals surface area contributed by atoms with Crippen molar-refractivity contribution in [2.45, 2.75) is 37.1 Å². The van der Waals surface area contributed by atoms with Gasteiger partial charge < -0.3 is 10.3 Å². The summed E-state index contributed by atoms with van der Waals surface area (Å²) in [5.74, 6) is 0.822. The van der Waals surface area contributed by atoms with Gasteiger partial charge in [-0.15, -0.1) is 11.8 Å². The maximum atomic E-state index is 13.1. The molecule has 2 N–H and O–H groups in total. The Hall–Kier alpha value is -1.66. The first-order valence-electron chi connectivity index (χ1n) is 6.74. The Morgan fingerprint density at radius 2 is 2.19 bits per heavy atom. The molecule has 0 aliphatic carbocycles. The van der Waals surface area contributed by atoms with Crippen LogP contribution in [-0.2, 0) is 12.3 Å². The fourth-order valence-corrected chi connectivity index (χ4v) is 2.55. The van der Waals surface area contributed by atoms with Gasteiger partial charge >= 0.3 is 0 Å². The van der Waals surface area contributed by atoms with E-state index >= 15 is 0 Å². The standard InChI is InChI=1S/C15H18FN3OS/c1-10(2)17-8-12-7-15(20)19-14(18-12)9-21-13-5-3-4-11(16)6-13/h3-7,10,17H,8-9H2,1-2H3,(H,18,19,20). The van der Waals surface area contributed by atoms with Gasteiger partial charge in [-0.25, -0.2) is 9.37 Å². The Labute approximate surface area is 127 Å². The molecule has 0 spiro atoms. The van der Waals surface area contributed by atoms with Crippen LogP contribution in [0.4, 0.5) is 4.39 Å². The van der Waals surface area contributed by atoms with Gasteiger partial charge in [0.05, 0.1) is 11.4 Å². The second-order valence-corrected chi connectivity index (χ2v) is 6.01. The highest BCUT2D eigenvalue weighted by atomic mass is 32.2. The van der Waals surface area contributed by atoms with Crippen LogP contribution in [0.25, 0.3) is 0 Å². The summed E-state index contributed by atoms with van der Waals surface area (Å²) in [6, 6.07) is 8.18. The molecule has 0 aliphatic heterocycles. The van der Waals surface area contributed by atoms with E-state index in [0.29, 0.717) is 29.9 Å². The average Bonchev–Trinajstić information content (AvgIpc) is 2.43. The molecule has 2 rings (SSSR count). The number of hydrogen-bond acceptors (Lipinski definition) is 4.